The number of hydrogen-bond acceptors (Lipinski definition) is 3. The average molecular weight is 198 g/mol. The Hall–Kier alpha value is -1.16. The SMILES string of the molecule is CCN1C(=O)Cc2cnc(Cl)nc21. The molecule has 0 atom stereocenters. The molecule has 13 heavy (non-hydrogen) atoms. The van der Waals surface area contributed by atoms with Crippen LogP contribution in [0, 0.1) is 0 Å². The Morgan fingerprint density at radius 2 is 2.46 bits per heavy atom. The molecule has 0 aromatic carbocycles. The molecule has 4 nitrogen and oxygen atoms in total. The van der Waals surface area contributed by atoms with Crippen LogP contribution in [0.5, 0.6) is 0 Å². The van der Waals surface area contributed by atoms with Crippen molar-refractivity contribution in [3.8, 4) is 0 Å². The van der Waals surface area contributed by atoms with Crippen LogP contribution >= 0.6 is 11.6 Å². The van der Waals surface area contributed by atoms with E-state index in [0.717, 1.165) is 5.56 Å². The molecule has 2 heterocycles. The Balaban J connectivity index is 2.50. The van der Waals surface area contributed by atoms with Gasteiger partial charge in [-0.2, -0.15) is 4.98 Å². The summed E-state index contributed by atoms with van der Waals surface area (Å²) in [6.45, 7) is 2.53. The molecule has 0 spiro atoms. The Morgan fingerprint density at radius 1 is 1.69 bits per heavy atom. The van der Waals surface area contributed by atoms with Gasteiger partial charge in [0.05, 0.1) is 6.42 Å². The van der Waals surface area contributed by atoms with Crippen molar-refractivity contribution in [2.75, 3.05) is 11.4 Å². The van der Waals surface area contributed by atoms with Crippen LogP contribution in [0.25, 0.3) is 0 Å². The van der Waals surface area contributed by atoms with Crippen LogP contribution in [-0.4, -0.2) is 22.4 Å². The minimum absolute atomic E-state index is 0.0640. The molecule has 0 bridgehead atoms. The van der Waals surface area contributed by atoms with Crippen molar-refractivity contribution in [2.45, 2.75) is 13.3 Å². The summed E-state index contributed by atoms with van der Waals surface area (Å²) < 4.78 is 0. The summed E-state index contributed by atoms with van der Waals surface area (Å²) >= 11 is 5.63. The summed E-state index contributed by atoms with van der Waals surface area (Å²) in [5, 5.41) is 0.187. The molecular weight excluding hydrogens is 190 g/mol. The van der Waals surface area contributed by atoms with E-state index in [0.29, 0.717) is 18.8 Å². The molecule has 1 aliphatic rings. The number of anilines is 1. The van der Waals surface area contributed by atoms with Gasteiger partial charge >= 0.3 is 0 Å². The molecule has 0 saturated heterocycles. The lowest BCUT2D eigenvalue weighted by atomic mass is 10.3. The molecule has 5 heteroatoms. The predicted octanol–water partition coefficient (Wildman–Crippen LogP) is 1.04. The molecule has 0 aliphatic carbocycles. The third kappa shape index (κ3) is 1.27. The van der Waals surface area contributed by atoms with E-state index in [1.165, 1.54) is 0 Å². The number of aromatic nitrogens is 2. The molecule has 1 aromatic heterocycles. The highest BCUT2D eigenvalue weighted by Gasteiger charge is 2.27. The first kappa shape index (κ1) is 8.44. The summed E-state index contributed by atoms with van der Waals surface area (Å²) in [4.78, 5) is 20.8. The van der Waals surface area contributed by atoms with Crippen LogP contribution in [0.4, 0.5) is 5.82 Å². The molecule has 0 saturated carbocycles. The molecular formula is C8H8ClN3O. The number of halogens is 1. The van der Waals surface area contributed by atoms with Gasteiger partial charge < -0.3 is 0 Å². The van der Waals surface area contributed by atoms with Gasteiger partial charge in [0.15, 0.2) is 0 Å². The van der Waals surface area contributed by atoms with E-state index in [1.54, 1.807) is 11.1 Å². The van der Waals surface area contributed by atoms with E-state index < -0.39 is 0 Å². The van der Waals surface area contributed by atoms with Crippen LogP contribution in [-0.2, 0) is 11.2 Å². The number of fused-ring (bicyclic) bond motifs is 1. The van der Waals surface area contributed by atoms with Gasteiger partial charge in [0.25, 0.3) is 0 Å². The van der Waals surface area contributed by atoms with Crippen molar-refractivity contribution in [3.63, 3.8) is 0 Å². The molecule has 0 radical (unpaired) electrons. The highest BCUT2D eigenvalue weighted by Crippen LogP contribution is 2.26. The number of rotatable bonds is 1. The maximum atomic E-state index is 11.4. The van der Waals surface area contributed by atoms with Crippen LogP contribution in [0.15, 0.2) is 6.20 Å². The lowest BCUT2D eigenvalue weighted by molar-refractivity contribution is -0.117. The summed E-state index contributed by atoms with van der Waals surface area (Å²) in [6, 6.07) is 0. The van der Waals surface area contributed by atoms with E-state index in [9.17, 15) is 4.79 Å². The Morgan fingerprint density at radius 3 is 3.15 bits per heavy atom. The normalized spacial score (nSPS) is 14.9. The van der Waals surface area contributed by atoms with E-state index in [1.807, 2.05) is 6.92 Å². The Labute approximate surface area is 80.5 Å². The highest BCUT2D eigenvalue weighted by atomic mass is 35.5. The maximum absolute atomic E-state index is 11.4. The summed E-state index contributed by atoms with van der Waals surface area (Å²) in [5.74, 6) is 0.724. The first-order chi connectivity index (χ1) is 6.22. The van der Waals surface area contributed by atoms with Crippen molar-refractivity contribution in [1.29, 1.82) is 0 Å². The van der Waals surface area contributed by atoms with Crippen molar-refractivity contribution in [2.24, 2.45) is 0 Å². The molecule has 68 valence electrons. The van der Waals surface area contributed by atoms with Crippen LogP contribution in [0.1, 0.15) is 12.5 Å². The first-order valence-electron chi connectivity index (χ1n) is 4.04. The maximum Gasteiger partial charge on any atom is 0.232 e. The largest absolute Gasteiger partial charge is 0.296 e. The van der Waals surface area contributed by atoms with Gasteiger partial charge in [-0.05, 0) is 18.5 Å². The van der Waals surface area contributed by atoms with E-state index in [4.69, 9.17) is 11.6 Å². The summed E-state index contributed by atoms with van der Waals surface area (Å²) in [7, 11) is 0. The van der Waals surface area contributed by atoms with Gasteiger partial charge in [-0.15, -0.1) is 0 Å². The van der Waals surface area contributed by atoms with Gasteiger partial charge in [-0.1, -0.05) is 0 Å². The van der Waals surface area contributed by atoms with Crippen molar-refractivity contribution in [3.05, 3.63) is 17.0 Å². The lowest BCUT2D eigenvalue weighted by Gasteiger charge is -2.12. The number of hydrogen-bond donors (Lipinski definition) is 0. The zero-order chi connectivity index (χ0) is 9.42. The first-order valence-corrected chi connectivity index (χ1v) is 4.42. The van der Waals surface area contributed by atoms with Gasteiger partial charge in [-0.25, -0.2) is 4.98 Å². The highest BCUT2D eigenvalue weighted by molar-refractivity contribution is 6.28. The third-order valence-electron chi connectivity index (χ3n) is 2.03. The van der Waals surface area contributed by atoms with Crippen molar-refractivity contribution < 1.29 is 4.79 Å². The van der Waals surface area contributed by atoms with Crippen molar-refractivity contribution in [1.82, 2.24) is 9.97 Å². The van der Waals surface area contributed by atoms with Crippen LogP contribution in [0.3, 0.4) is 0 Å². The average Bonchev–Trinajstić information content (AvgIpc) is 2.40. The minimum atomic E-state index is 0.0640. The third-order valence-corrected chi connectivity index (χ3v) is 2.21. The quantitative estimate of drug-likeness (QED) is 0.632. The fourth-order valence-electron chi connectivity index (χ4n) is 1.44. The molecule has 1 aliphatic heterocycles. The molecule has 1 amide bonds. The number of carbonyl (C=O) groups is 1. The van der Waals surface area contributed by atoms with E-state index in [2.05, 4.69) is 9.97 Å². The Kier molecular flexibility index (Phi) is 1.92. The number of amides is 1. The van der Waals surface area contributed by atoms with Gasteiger partial charge in [-0.3, -0.25) is 9.69 Å². The topological polar surface area (TPSA) is 46.1 Å². The van der Waals surface area contributed by atoms with E-state index >= 15 is 0 Å². The fraction of sp³-hybridized carbons (Fsp3) is 0.375. The minimum Gasteiger partial charge on any atom is -0.296 e. The smallest absolute Gasteiger partial charge is 0.232 e. The number of carbonyl (C=O) groups excluding carboxylic acids is 1. The fourth-order valence-corrected chi connectivity index (χ4v) is 1.57. The molecule has 0 N–H and O–H groups in total. The van der Waals surface area contributed by atoms with E-state index in [-0.39, 0.29) is 11.2 Å². The number of likely N-dealkylation sites (N-methyl/N-ethyl adjacent to an activating group) is 1. The zero-order valence-corrected chi connectivity index (χ0v) is 7.88. The number of nitrogens with zero attached hydrogens (tertiary/aromatic N) is 3. The monoisotopic (exact) mass is 197 g/mol. The van der Waals surface area contributed by atoms with Gasteiger partial charge in [0, 0.05) is 18.3 Å². The molecule has 0 unspecified atom stereocenters. The molecule has 0 fully saturated rings. The zero-order valence-electron chi connectivity index (χ0n) is 7.12. The van der Waals surface area contributed by atoms with Crippen molar-refractivity contribution >= 4 is 23.3 Å². The molecule has 2 rings (SSSR count). The van der Waals surface area contributed by atoms with Gasteiger partial charge in [0.1, 0.15) is 5.82 Å². The second-order valence-corrected chi connectivity index (χ2v) is 3.14. The standard InChI is InChI=1S/C8H8ClN3O/c1-2-12-6(13)3-5-4-10-8(9)11-7(5)12/h4H,2-3H2,1H3. The predicted molar refractivity (Wildman–Crippen MR) is 48.8 cm³/mol. The van der Waals surface area contributed by atoms with Gasteiger partial charge in [0.2, 0.25) is 11.2 Å². The molecule has 1 aromatic rings. The Bertz CT molecular complexity index is 366. The summed E-state index contributed by atoms with van der Waals surface area (Å²) in [6.07, 6.45) is 2.00. The van der Waals surface area contributed by atoms with Crippen LogP contribution in [0.2, 0.25) is 5.28 Å². The summed E-state index contributed by atoms with van der Waals surface area (Å²) in [5.41, 5.74) is 0.858. The second-order valence-electron chi connectivity index (χ2n) is 2.80. The lowest BCUT2D eigenvalue weighted by Crippen LogP contribution is -2.26. The second kappa shape index (κ2) is 2.96. The van der Waals surface area contributed by atoms with Crippen LogP contribution < -0.4 is 4.90 Å².